The highest BCUT2D eigenvalue weighted by Gasteiger charge is 2.41. The third-order valence-corrected chi connectivity index (χ3v) is 5.44. The fourth-order valence-electron chi connectivity index (χ4n) is 3.88. The molecule has 0 saturated heterocycles. The summed E-state index contributed by atoms with van der Waals surface area (Å²) in [5, 5.41) is 4.11. The molecule has 1 spiro atoms. The van der Waals surface area contributed by atoms with E-state index in [4.69, 9.17) is 11.3 Å². The molecule has 2 aliphatic rings. The fraction of sp³-hybridized carbons (Fsp3) is 0.300. The number of halogens is 1. The summed E-state index contributed by atoms with van der Waals surface area (Å²) in [5.41, 5.74) is 4.26. The summed E-state index contributed by atoms with van der Waals surface area (Å²) in [7, 11) is 0. The van der Waals surface area contributed by atoms with Crippen LogP contribution in [0.2, 0.25) is 0 Å². The Morgan fingerprint density at radius 1 is 1.12 bits per heavy atom. The number of ether oxygens (including phenoxy) is 1. The van der Waals surface area contributed by atoms with Crippen LogP contribution in [0.3, 0.4) is 0 Å². The Kier molecular flexibility index (Phi) is 3.90. The number of hydrogen-bond donors (Lipinski definition) is 0. The summed E-state index contributed by atoms with van der Waals surface area (Å²) in [6.45, 7) is 7.18. The zero-order valence-corrected chi connectivity index (χ0v) is 14.8. The lowest BCUT2D eigenvalue weighted by molar-refractivity contribution is 0.0618. The van der Waals surface area contributed by atoms with E-state index in [1.54, 1.807) is 0 Å². The minimum Gasteiger partial charge on any atom is -0.486 e. The van der Waals surface area contributed by atoms with Gasteiger partial charge in [0.05, 0.1) is 5.10 Å². The molecule has 120 valence electrons. The predicted octanol–water partition coefficient (Wildman–Crippen LogP) is 5.17. The van der Waals surface area contributed by atoms with E-state index in [-0.39, 0.29) is 5.60 Å². The van der Waals surface area contributed by atoms with E-state index in [1.807, 2.05) is 18.2 Å². The van der Waals surface area contributed by atoms with Crippen molar-refractivity contribution in [1.29, 1.82) is 0 Å². The van der Waals surface area contributed by atoms with Crippen molar-refractivity contribution in [3.8, 4) is 5.75 Å². The Balaban J connectivity index is 1.79. The van der Waals surface area contributed by atoms with Gasteiger partial charge in [0, 0.05) is 22.9 Å². The monoisotopic (exact) mass is 380 g/mol. The maximum atomic E-state index is 7.18. The molecule has 0 bridgehead atoms. The first-order valence-electron chi connectivity index (χ1n) is 8.18. The lowest BCUT2D eigenvalue weighted by atomic mass is 9.82. The van der Waals surface area contributed by atoms with E-state index >= 15 is 0 Å². The minimum absolute atomic E-state index is 0.295. The van der Waals surface area contributed by atoms with Crippen LogP contribution in [-0.4, -0.2) is 11.3 Å². The molecular formula is C20H17BrN2O. The van der Waals surface area contributed by atoms with Crippen molar-refractivity contribution in [3.05, 3.63) is 75.2 Å². The number of hydrogen-bond acceptors (Lipinski definition) is 2. The number of rotatable bonds is 0. The van der Waals surface area contributed by atoms with E-state index in [1.165, 1.54) is 11.1 Å². The van der Waals surface area contributed by atoms with Gasteiger partial charge in [0.15, 0.2) is 0 Å². The average molecular weight is 381 g/mol. The standard InChI is InChI=1S/C20H17BrN2O/c1-22-23-18-13-20(24-19-9-8-16(21)11-17(18)19)10-4-7-14-5-2-3-6-15(14)12-20/h2-3,5-6,8-9,11H,4,7,10,12-13H2/b23-18-. The first kappa shape index (κ1) is 15.4. The van der Waals surface area contributed by atoms with Crippen molar-refractivity contribution in [2.75, 3.05) is 0 Å². The molecule has 0 amide bonds. The highest BCUT2D eigenvalue weighted by atomic mass is 79.9. The van der Waals surface area contributed by atoms with Gasteiger partial charge in [-0.25, -0.2) is 0 Å². The lowest BCUT2D eigenvalue weighted by Gasteiger charge is -2.38. The quantitative estimate of drug-likeness (QED) is 0.457. The number of benzene rings is 2. The summed E-state index contributed by atoms with van der Waals surface area (Å²) in [5.74, 6) is 0.839. The predicted molar refractivity (Wildman–Crippen MR) is 98.3 cm³/mol. The topological polar surface area (TPSA) is 25.9 Å². The van der Waals surface area contributed by atoms with E-state index in [2.05, 4.69) is 50.3 Å². The second kappa shape index (κ2) is 6.07. The minimum atomic E-state index is -0.295. The van der Waals surface area contributed by atoms with Crippen LogP contribution in [0.4, 0.5) is 0 Å². The van der Waals surface area contributed by atoms with Crippen LogP contribution in [0.1, 0.15) is 36.0 Å². The molecule has 0 fully saturated rings. The summed E-state index contributed by atoms with van der Waals surface area (Å²) >= 11 is 3.50. The molecule has 4 heteroatoms. The molecule has 2 aromatic rings. The molecule has 0 N–H and O–H groups in total. The molecule has 0 aromatic heterocycles. The molecule has 1 atom stereocenters. The van der Waals surface area contributed by atoms with Crippen molar-refractivity contribution in [2.45, 2.75) is 37.7 Å². The van der Waals surface area contributed by atoms with Gasteiger partial charge in [-0.3, -0.25) is 0 Å². The lowest BCUT2D eigenvalue weighted by Crippen LogP contribution is -2.43. The summed E-state index contributed by atoms with van der Waals surface area (Å²) in [6, 6.07) is 14.6. The molecule has 1 aliphatic heterocycles. The molecule has 4 rings (SSSR count). The zero-order chi connectivity index (χ0) is 16.6. The maximum Gasteiger partial charge on any atom is 0.138 e. The third-order valence-electron chi connectivity index (χ3n) is 4.95. The third kappa shape index (κ3) is 2.74. The van der Waals surface area contributed by atoms with Gasteiger partial charge in [0.25, 0.3) is 0 Å². The van der Waals surface area contributed by atoms with Crippen LogP contribution in [-0.2, 0) is 12.8 Å². The largest absolute Gasteiger partial charge is 0.486 e. The molecule has 1 unspecified atom stereocenters. The van der Waals surface area contributed by atoms with Gasteiger partial charge in [-0.2, -0.15) is 6.57 Å². The Labute approximate surface area is 150 Å². The van der Waals surface area contributed by atoms with Crippen LogP contribution in [0, 0.1) is 6.57 Å². The van der Waals surface area contributed by atoms with E-state index in [9.17, 15) is 0 Å². The molecule has 1 aliphatic carbocycles. The van der Waals surface area contributed by atoms with Crippen molar-refractivity contribution < 1.29 is 4.74 Å². The van der Waals surface area contributed by atoms with Crippen LogP contribution >= 0.6 is 15.9 Å². The van der Waals surface area contributed by atoms with Gasteiger partial charge in [0.2, 0.25) is 0 Å². The van der Waals surface area contributed by atoms with Gasteiger partial charge in [-0.05, 0) is 48.6 Å². The van der Waals surface area contributed by atoms with Gasteiger partial charge in [-0.15, -0.1) is 4.95 Å². The van der Waals surface area contributed by atoms with Crippen LogP contribution in [0.15, 0.2) is 52.0 Å². The highest BCUT2D eigenvalue weighted by molar-refractivity contribution is 9.10. The van der Waals surface area contributed by atoms with Crippen molar-refractivity contribution >= 4 is 21.6 Å². The van der Waals surface area contributed by atoms with E-state index < -0.39 is 0 Å². The fourth-order valence-corrected chi connectivity index (χ4v) is 4.25. The molecule has 0 radical (unpaired) electrons. The van der Waals surface area contributed by atoms with Gasteiger partial charge in [-0.1, -0.05) is 40.2 Å². The zero-order valence-electron chi connectivity index (χ0n) is 13.3. The van der Waals surface area contributed by atoms with Crippen molar-refractivity contribution in [2.24, 2.45) is 5.10 Å². The summed E-state index contributed by atoms with van der Waals surface area (Å²) < 4.78 is 7.50. The number of nitrogens with zero attached hydrogens (tertiary/aromatic N) is 2. The number of aryl methyl sites for hydroxylation is 1. The normalized spacial score (nSPS) is 23.8. The maximum absolute atomic E-state index is 7.18. The summed E-state index contributed by atoms with van der Waals surface area (Å²) in [6.07, 6.45) is 4.72. The van der Waals surface area contributed by atoms with Gasteiger partial charge in [0.1, 0.15) is 17.1 Å². The second-order valence-corrected chi connectivity index (χ2v) is 7.46. The van der Waals surface area contributed by atoms with Crippen LogP contribution in [0.25, 0.3) is 4.95 Å². The SMILES string of the molecule is [C-]#[N+]/N=C1/CC2(CCCc3ccccc3C2)Oc2ccc(Br)cc21. The Morgan fingerprint density at radius 3 is 2.79 bits per heavy atom. The van der Waals surface area contributed by atoms with Gasteiger partial charge >= 0.3 is 0 Å². The Morgan fingerprint density at radius 2 is 1.96 bits per heavy atom. The van der Waals surface area contributed by atoms with Crippen molar-refractivity contribution in [1.82, 2.24) is 0 Å². The van der Waals surface area contributed by atoms with Gasteiger partial charge < -0.3 is 4.74 Å². The van der Waals surface area contributed by atoms with Crippen molar-refractivity contribution in [3.63, 3.8) is 0 Å². The van der Waals surface area contributed by atoms with Crippen LogP contribution < -0.4 is 4.74 Å². The van der Waals surface area contributed by atoms with E-state index in [0.717, 1.165) is 47.2 Å². The molecule has 0 saturated carbocycles. The molecular weight excluding hydrogens is 364 g/mol. The molecule has 3 nitrogen and oxygen atoms in total. The number of fused-ring (bicyclic) bond motifs is 2. The van der Waals surface area contributed by atoms with Crippen LogP contribution in [0.5, 0.6) is 5.75 Å². The first-order valence-corrected chi connectivity index (χ1v) is 8.97. The molecule has 2 aromatic carbocycles. The molecule has 24 heavy (non-hydrogen) atoms. The second-order valence-electron chi connectivity index (χ2n) is 6.55. The average Bonchev–Trinajstić information content (AvgIpc) is 2.74. The molecule has 1 heterocycles. The Bertz CT molecular complexity index is 868. The summed E-state index contributed by atoms with van der Waals surface area (Å²) in [4.78, 5) is 3.30. The Hall–Kier alpha value is -2.12. The van der Waals surface area contributed by atoms with E-state index in [0.29, 0.717) is 6.42 Å². The smallest absolute Gasteiger partial charge is 0.138 e. The first-order chi connectivity index (χ1) is 11.7. The highest BCUT2D eigenvalue weighted by Crippen LogP contribution is 2.41.